The van der Waals surface area contributed by atoms with Crippen molar-refractivity contribution in [1.82, 2.24) is 5.32 Å². The lowest BCUT2D eigenvalue weighted by Gasteiger charge is -2.41. The fraction of sp³-hybridized carbons (Fsp3) is 0.647. The Kier molecular flexibility index (Phi) is 4.73. The van der Waals surface area contributed by atoms with Gasteiger partial charge in [0.25, 0.3) is 0 Å². The zero-order valence-electron chi connectivity index (χ0n) is 12.4. The van der Waals surface area contributed by atoms with Crippen LogP contribution in [0.2, 0.25) is 0 Å². The van der Waals surface area contributed by atoms with E-state index in [1.165, 1.54) is 42.1 Å². The second-order valence-corrected chi connectivity index (χ2v) is 7.78. The van der Waals surface area contributed by atoms with E-state index in [4.69, 9.17) is 0 Å². The molecule has 1 aromatic carbocycles. The summed E-state index contributed by atoms with van der Waals surface area (Å²) in [5.74, 6) is 0. The van der Waals surface area contributed by atoms with E-state index in [1.54, 1.807) is 0 Å². The van der Waals surface area contributed by atoms with Gasteiger partial charge in [0.2, 0.25) is 0 Å². The minimum absolute atomic E-state index is 0.186. The molecule has 0 bridgehead atoms. The van der Waals surface area contributed by atoms with E-state index in [-0.39, 0.29) is 5.54 Å². The fourth-order valence-corrected chi connectivity index (χ4v) is 3.80. The molecule has 0 unspecified atom stereocenters. The highest BCUT2D eigenvalue weighted by molar-refractivity contribution is 9.10. The molecule has 0 heterocycles. The topological polar surface area (TPSA) is 12.0 Å². The molecule has 0 aromatic heterocycles. The van der Waals surface area contributed by atoms with Gasteiger partial charge in [-0.25, -0.2) is 0 Å². The summed E-state index contributed by atoms with van der Waals surface area (Å²) in [6.45, 7) is 7.84. The van der Waals surface area contributed by atoms with Crippen molar-refractivity contribution >= 4 is 15.9 Å². The first-order valence-corrected chi connectivity index (χ1v) is 8.22. The molecule has 1 fully saturated rings. The lowest BCUT2D eigenvalue weighted by Crippen LogP contribution is -2.47. The Labute approximate surface area is 126 Å². The maximum absolute atomic E-state index is 3.76. The summed E-state index contributed by atoms with van der Waals surface area (Å²) >= 11 is 3.76. The highest BCUT2D eigenvalue weighted by Gasteiger charge is 2.35. The minimum Gasteiger partial charge on any atom is -0.311 e. The zero-order valence-corrected chi connectivity index (χ0v) is 14.0. The second kappa shape index (κ2) is 5.97. The summed E-state index contributed by atoms with van der Waals surface area (Å²) in [4.78, 5) is 0. The first kappa shape index (κ1) is 15.1. The Bertz CT molecular complexity index is 414. The summed E-state index contributed by atoms with van der Waals surface area (Å²) in [5.41, 5.74) is 1.99. The van der Waals surface area contributed by atoms with Crippen molar-refractivity contribution in [2.24, 2.45) is 0 Å². The molecule has 2 heteroatoms. The van der Waals surface area contributed by atoms with Crippen molar-refractivity contribution in [3.63, 3.8) is 0 Å². The zero-order chi connectivity index (χ0) is 13.9. The predicted octanol–water partition coefficient (Wildman–Crippen LogP) is 5.04. The average molecular weight is 324 g/mol. The summed E-state index contributed by atoms with van der Waals surface area (Å²) in [7, 11) is 0. The van der Waals surface area contributed by atoms with Gasteiger partial charge in [0.1, 0.15) is 0 Å². The molecule has 0 amide bonds. The number of rotatable bonds is 3. The molecule has 1 N–H and O–H groups in total. The van der Waals surface area contributed by atoms with Gasteiger partial charge in [-0.15, -0.1) is 0 Å². The van der Waals surface area contributed by atoms with Gasteiger partial charge < -0.3 is 5.32 Å². The van der Waals surface area contributed by atoms with Gasteiger partial charge in [-0.3, -0.25) is 0 Å². The molecule has 19 heavy (non-hydrogen) atoms. The molecule has 1 aliphatic rings. The average Bonchev–Trinajstić information content (AvgIpc) is 2.37. The summed E-state index contributed by atoms with van der Waals surface area (Å²) in [6, 6.07) is 8.78. The molecule has 0 atom stereocenters. The Balaban J connectivity index is 2.27. The Morgan fingerprint density at radius 2 is 1.74 bits per heavy atom. The normalized spacial score (nSPS) is 19.4. The third-order valence-electron chi connectivity index (χ3n) is 4.21. The first-order chi connectivity index (χ1) is 8.93. The standard InChI is InChI=1S/C17H26BrN/c1-16(2,3)19-13-17(11-7-4-8-12-17)14-9-5-6-10-15(14)18/h5-6,9-10,19H,4,7-8,11-13H2,1-3H3. The second-order valence-electron chi connectivity index (χ2n) is 6.92. The van der Waals surface area contributed by atoms with Crippen LogP contribution in [0.1, 0.15) is 58.4 Å². The summed E-state index contributed by atoms with van der Waals surface area (Å²) in [6.07, 6.45) is 6.71. The van der Waals surface area contributed by atoms with Gasteiger partial charge in [0.05, 0.1) is 0 Å². The van der Waals surface area contributed by atoms with Crippen LogP contribution < -0.4 is 5.32 Å². The first-order valence-electron chi connectivity index (χ1n) is 7.43. The lowest BCUT2D eigenvalue weighted by molar-refractivity contribution is 0.253. The van der Waals surface area contributed by atoms with Crippen LogP contribution in [-0.4, -0.2) is 12.1 Å². The lowest BCUT2D eigenvalue weighted by atomic mass is 9.69. The molecule has 0 spiro atoms. The molecule has 1 aromatic rings. The smallest absolute Gasteiger partial charge is 0.0213 e. The molecule has 0 saturated heterocycles. The van der Waals surface area contributed by atoms with Crippen LogP contribution in [0.4, 0.5) is 0 Å². The summed E-state index contributed by atoms with van der Waals surface area (Å²) < 4.78 is 1.27. The monoisotopic (exact) mass is 323 g/mol. The highest BCUT2D eigenvalue weighted by atomic mass is 79.9. The SMILES string of the molecule is CC(C)(C)NCC1(c2ccccc2Br)CCCCC1. The van der Waals surface area contributed by atoms with Gasteiger partial charge in [-0.2, -0.15) is 0 Å². The number of hydrogen-bond donors (Lipinski definition) is 1. The molecule has 1 aliphatic carbocycles. The number of benzene rings is 1. The van der Waals surface area contributed by atoms with Crippen molar-refractivity contribution in [2.75, 3.05) is 6.54 Å². The fourth-order valence-electron chi connectivity index (χ4n) is 3.10. The minimum atomic E-state index is 0.186. The van der Waals surface area contributed by atoms with E-state index in [2.05, 4.69) is 66.3 Å². The van der Waals surface area contributed by atoms with E-state index in [0.29, 0.717) is 5.41 Å². The largest absolute Gasteiger partial charge is 0.311 e. The maximum atomic E-state index is 3.76. The molecular weight excluding hydrogens is 298 g/mol. The number of nitrogens with one attached hydrogen (secondary N) is 1. The van der Waals surface area contributed by atoms with Crippen LogP contribution in [0.3, 0.4) is 0 Å². The van der Waals surface area contributed by atoms with Crippen LogP contribution in [-0.2, 0) is 5.41 Å². The van der Waals surface area contributed by atoms with Gasteiger partial charge >= 0.3 is 0 Å². The van der Waals surface area contributed by atoms with Crippen molar-refractivity contribution in [3.05, 3.63) is 34.3 Å². The Hall–Kier alpha value is -0.340. The number of halogens is 1. The number of hydrogen-bond acceptors (Lipinski definition) is 1. The molecule has 1 saturated carbocycles. The highest BCUT2D eigenvalue weighted by Crippen LogP contribution is 2.42. The Morgan fingerprint density at radius 1 is 1.11 bits per heavy atom. The van der Waals surface area contributed by atoms with Gasteiger partial charge in [0.15, 0.2) is 0 Å². The molecule has 106 valence electrons. The van der Waals surface area contributed by atoms with Crippen LogP contribution in [0, 0.1) is 0 Å². The van der Waals surface area contributed by atoms with Crippen molar-refractivity contribution in [2.45, 2.75) is 63.8 Å². The van der Waals surface area contributed by atoms with E-state index in [9.17, 15) is 0 Å². The van der Waals surface area contributed by atoms with E-state index in [0.717, 1.165) is 6.54 Å². The quantitative estimate of drug-likeness (QED) is 0.821. The summed E-state index contributed by atoms with van der Waals surface area (Å²) in [5, 5.41) is 3.74. The molecule has 1 nitrogen and oxygen atoms in total. The third-order valence-corrected chi connectivity index (χ3v) is 4.90. The van der Waals surface area contributed by atoms with Crippen LogP contribution >= 0.6 is 15.9 Å². The van der Waals surface area contributed by atoms with E-state index in [1.807, 2.05) is 0 Å². The van der Waals surface area contributed by atoms with Crippen molar-refractivity contribution in [1.29, 1.82) is 0 Å². The van der Waals surface area contributed by atoms with Crippen molar-refractivity contribution in [3.8, 4) is 0 Å². The molecular formula is C17H26BrN. The van der Waals surface area contributed by atoms with E-state index < -0.39 is 0 Å². The maximum Gasteiger partial charge on any atom is 0.0213 e. The van der Waals surface area contributed by atoms with Gasteiger partial charge in [-0.05, 0) is 45.2 Å². The van der Waals surface area contributed by atoms with Crippen LogP contribution in [0.15, 0.2) is 28.7 Å². The van der Waals surface area contributed by atoms with Crippen LogP contribution in [0.25, 0.3) is 0 Å². The van der Waals surface area contributed by atoms with Gasteiger partial charge in [-0.1, -0.05) is 53.4 Å². The molecule has 0 aliphatic heterocycles. The Morgan fingerprint density at radius 3 is 2.32 bits per heavy atom. The van der Waals surface area contributed by atoms with Crippen molar-refractivity contribution < 1.29 is 0 Å². The predicted molar refractivity (Wildman–Crippen MR) is 86.7 cm³/mol. The molecule has 2 rings (SSSR count). The van der Waals surface area contributed by atoms with E-state index >= 15 is 0 Å². The molecule has 0 radical (unpaired) electrons. The third kappa shape index (κ3) is 3.82. The van der Waals surface area contributed by atoms with Gasteiger partial charge in [0, 0.05) is 22.0 Å². The van der Waals surface area contributed by atoms with Crippen LogP contribution in [0.5, 0.6) is 0 Å².